The first-order chi connectivity index (χ1) is 10.8. The van der Waals surface area contributed by atoms with Gasteiger partial charge in [-0.15, -0.1) is 0 Å². The van der Waals surface area contributed by atoms with Crippen molar-refractivity contribution in [3.63, 3.8) is 0 Å². The minimum atomic E-state index is -1.75. The van der Waals surface area contributed by atoms with Crippen LogP contribution in [0.4, 0.5) is 0 Å². The minimum absolute atomic E-state index is 0.651. The van der Waals surface area contributed by atoms with Crippen molar-refractivity contribution in [1.82, 2.24) is 0 Å². The van der Waals surface area contributed by atoms with Gasteiger partial charge in [-0.05, 0) is 0 Å². The van der Waals surface area contributed by atoms with Gasteiger partial charge < -0.3 is 55.1 Å². The molecule has 1 unspecified atom stereocenters. The van der Waals surface area contributed by atoms with E-state index in [1.807, 2.05) is 0 Å². The monoisotopic (exact) mass is 342 g/mol. The summed E-state index contributed by atoms with van der Waals surface area (Å²) < 4.78 is 15.1. The van der Waals surface area contributed by atoms with Gasteiger partial charge >= 0.3 is 0 Å². The molecule has 0 aromatic carbocycles. The Balaban J connectivity index is 2.08. The summed E-state index contributed by atoms with van der Waals surface area (Å²) in [5, 5.41) is 76.7. The first kappa shape index (κ1) is 18.9. The molecule has 2 rings (SSSR count). The molecule has 11 heteroatoms. The number of aliphatic hydroxyl groups is 8. The van der Waals surface area contributed by atoms with E-state index >= 15 is 0 Å². The summed E-state index contributed by atoms with van der Waals surface area (Å²) in [6.45, 7) is -1.33. The first-order valence-corrected chi connectivity index (χ1v) is 7.08. The van der Waals surface area contributed by atoms with Gasteiger partial charge in [0, 0.05) is 0 Å². The molecule has 0 amide bonds. The molecule has 2 heterocycles. The Morgan fingerprint density at radius 3 is 1.74 bits per heavy atom. The summed E-state index contributed by atoms with van der Waals surface area (Å²) in [6, 6.07) is 0. The molecule has 0 bridgehead atoms. The Morgan fingerprint density at radius 1 is 0.652 bits per heavy atom. The van der Waals surface area contributed by atoms with Crippen molar-refractivity contribution in [3.8, 4) is 0 Å². The molecular formula is C12H22O11. The van der Waals surface area contributed by atoms with Gasteiger partial charge in [0.1, 0.15) is 48.8 Å². The number of ether oxygens (including phenoxy) is 3. The molecule has 2 fully saturated rings. The Kier molecular flexibility index (Phi) is 6.27. The second kappa shape index (κ2) is 7.63. The Bertz CT molecular complexity index is 380. The van der Waals surface area contributed by atoms with Crippen molar-refractivity contribution in [2.24, 2.45) is 0 Å². The van der Waals surface area contributed by atoms with Crippen molar-refractivity contribution in [3.05, 3.63) is 0 Å². The molecule has 0 saturated carbocycles. The van der Waals surface area contributed by atoms with E-state index in [-0.39, 0.29) is 0 Å². The predicted octanol–water partition coefficient (Wildman–Crippen LogP) is -5.40. The standard InChI is InChI=1S/C12H22O11/c13-1-3-6(16)8(18)10(11(20)21-3)23-12-9(19)7(17)5(15)4(2-14)22-12/h3-20H,1-2H2/t3-,4-,5?,6-,7+,8+,9+,10+,11+,12-/m1/s1. The minimum Gasteiger partial charge on any atom is -0.394 e. The van der Waals surface area contributed by atoms with Gasteiger partial charge in [-0.3, -0.25) is 0 Å². The lowest BCUT2D eigenvalue weighted by atomic mass is 9.97. The van der Waals surface area contributed by atoms with Crippen LogP contribution in [0.3, 0.4) is 0 Å². The average molecular weight is 342 g/mol. The maximum Gasteiger partial charge on any atom is 0.187 e. The third-order valence-electron chi connectivity index (χ3n) is 3.98. The normalized spacial score (nSPS) is 51.7. The number of rotatable bonds is 4. The molecule has 10 atom stereocenters. The third-order valence-corrected chi connectivity index (χ3v) is 3.98. The molecule has 0 aliphatic carbocycles. The molecular weight excluding hydrogens is 320 g/mol. The van der Waals surface area contributed by atoms with Gasteiger partial charge in [0.25, 0.3) is 0 Å². The van der Waals surface area contributed by atoms with Crippen LogP contribution < -0.4 is 0 Å². The molecule has 0 aromatic heterocycles. The van der Waals surface area contributed by atoms with Crippen LogP contribution in [-0.2, 0) is 14.2 Å². The van der Waals surface area contributed by atoms with Crippen LogP contribution in [0, 0.1) is 0 Å². The molecule has 0 spiro atoms. The smallest absolute Gasteiger partial charge is 0.187 e. The van der Waals surface area contributed by atoms with Gasteiger partial charge in [0.2, 0.25) is 0 Å². The van der Waals surface area contributed by atoms with E-state index < -0.39 is 74.6 Å². The lowest BCUT2D eigenvalue weighted by molar-refractivity contribution is -0.361. The van der Waals surface area contributed by atoms with Crippen molar-refractivity contribution < 1.29 is 55.1 Å². The van der Waals surface area contributed by atoms with Crippen LogP contribution in [0.5, 0.6) is 0 Å². The third kappa shape index (κ3) is 3.65. The molecule has 11 nitrogen and oxygen atoms in total. The van der Waals surface area contributed by atoms with Crippen LogP contribution >= 0.6 is 0 Å². The fourth-order valence-electron chi connectivity index (χ4n) is 2.55. The van der Waals surface area contributed by atoms with E-state index in [2.05, 4.69) is 0 Å². The van der Waals surface area contributed by atoms with Gasteiger partial charge in [-0.1, -0.05) is 0 Å². The van der Waals surface area contributed by atoms with E-state index in [1.54, 1.807) is 0 Å². The maximum atomic E-state index is 9.94. The zero-order valence-corrected chi connectivity index (χ0v) is 12.0. The van der Waals surface area contributed by atoms with Crippen LogP contribution in [0.15, 0.2) is 0 Å². The zero-order valence-electron chi connectivity index (χ0n) is 12.0. The molecule has 0 radical (unpaired) electrons. The number of aliphatic hydroxyl groups excluding tert-OH is 8. The van der Waals surface area contributed by atoms with Crippen LogP contribution in [0.25, 0.3) is 0 Å². The van der Waals surface area contributed by atoms with Crippen molar-refractivity contribution in [2.45, 2.75) is 61.4 Å². The van der Waals surface area contributed by atoms with E-state index in [9.17, 15) is 30.6 Å². The van der Waals surface area contributed by atoms with Gasteiger partial charge in [-0.25, -0.2) is 0 Å². The lowest BCUT2D eigenvalue weighted by Gasteiger charge is -2.44. The van der Waals surface area contributed by atoms with Gasteiger partial charge in [0.15, 0.2) is 12.6 Å². The summed E-state index contributed by atoms with van der Waals surface area (Å²) in [7, 11) is 0. The zero-order chi connectivity index (χ0) is 17.3. The molecule has 136 valence electrons. The fourth-order valence-corrected chi connectivity index (χ4v) is 2.55. The second-order valence-corrected chi connectivity index (χ2v) is 5.53. The van der Waals surface area contributed by atoms with Crippen molar-refractivity contribution >= 4 is 0 Å². The molecule has 23 heavy (non-hydrogen) atoms. The maximum absolute atomic E-state index is 9.94. The molecule has 2 saturated heterocycles. The highest BCUT2D eigenvalue weighted by Gasteiger charge is 2.50. The SMILES string of the molecule is OC[C@H]1O[C@H](O[C@H]2[C@@H](O)[C@H](O)[C@@H](CO)O[C@@H]2O)[C@@H](O)[C@@H](O)C1O. The highest BCUT2D eigenvalue weighted by Crippen LogP contribution is 2.28. The van der Waals surface area contributed by atoms with E-state index in [0.717, 1.165) is 0 Å². The molecule has 2 aliphatic rings. The molecule has 2 aliphatic heterocycles. The van der Waals surface area contributed by atoms with Gasteiger partial charge in [-0.2, -0.15) is 0 Å². The highest BCUT2D eigenvalue weighted by molar-refractivity contribution is 4.93. The van der Waals surface area contributed by atoms with E-state index in [1.165, 1.54) is 0 Å². The first-order valence-electron chi connectivity index (χ1n) is 7.08. The topological polar surface area (TPSA) is 190 Å². The number of hydrogen-bond acceptors (Lipinski definition) is 11. The Morgan fingerprint density at radius 2 is 1.17 bits per heavy atom. The van der Waals surface area contributed by atoms with Crippen molar-refractivity contribution in [2.75, 3.05) is 13.2 Å². The van der Waals surface area contributed by atoms with Gasteiger partial charge in [0.05, 0.1) is 13.2 Å². The van der Waals surface area contributed by atoms with E-state index in [0.29, 0.717) is 0 Å². The largest absolute Gasteiger partial charge is 0.394 e. The number of hydrogen-bond donors (Lipinski definition) is 8. The summed E-state index contributed by atoms with van der Waals surface area (Å²) in [5.74, 6) is 0. The summed E-state index contributed by atoms with van der Waals surface area (Å²) in [6.07, 6.45) is -15.6. The fraction of sp³-hybridized carbons (Fsp3) is 1.00. The lowest BCUT2D eigenvalue weighted by Crippen LogP contribution is -2.64. The summed E-state index contributed by atoms with van der Waals surface area (Å²) in [5.41, 5.74) is 0. The Hall–Kier alpha value is -0.440. The average Bonchev–Trinajstić information content (AvgIpc) is 2.54. The molecule has 8 N–H and O–H groups in total. The van der Waals surface area contributed by atoms with Crippen LogP contribution in [0.1, 0.15) is 0 Å². The second-order valence-electron chi connectivity index (χ2n) is 5.53. The Labute approximate surface area is 130 Å². The summed E-state index contributed by atoms with van der Waals surface area (Å²) >= 11 is 0. The van der Waals surface area contributed by atoms with E-state index in [4.69, 9.17) is 24.4 Å². The highest BCUT2D eigenvalue weighted by atomic mass is 16.7. The van der Waals surface area contributed by atoms with Crippen molar-refractivity contribution in [1.29, 1.82) is 0 Å². The van der Waals surface area contributed by atoms with Crippen LogP contribution in [0.2, 0.25) is 0 Å². The van der Waals surface area contributed by atoms with Crippen LogP contribution in [-0.4, -0.2) is 115 Å². The summed E-state index contributed by atoms with van der Waals surface area (Å²) in [4.78, 5) is 0. The quantitative estimate of drug-likeness (QED) is 0.243. The predicted molar refractivity (Wildman–Crippen MR) is 68.6 cm³/mol. The molecule has 0 aromatic rings.